The molecule has 0 saturated heterocycles. The summed E-state index contributed by atoms with van der Waals surface area (Å²) in [7, 11) is 1.37. The SMILES string of the molecule is COC(=O)C1=C(C)Nc2ncnn2[C@@H]1c1cccc(OCc2ccccc2)c1. The molecule has 0 unspecified atom stereocenters. The van der Waals surface area contributed by atoms with E-state index in [2.05, 4.69) is 15.4 Å². The van der Waals surface area contributed by atoms with Gasteiger partial charge < -0.3 is 14.8 Å². The number of carbonyl (C=O) groups is 1. The molecule has 28 heavy (non-hydrogen) atoms. The Morgan fingerprint density at radius 2 is 2.00 bits per heavy atom. The van der Waals surface area contributed by atoms with Crippen molar-refractivity contribution in [3.05, 3.63) is 83.3 Å². The molecule has 7 heteroatoms. The molecule has 2 aromatic carbocycles. The molecule has 2 heterocycles. The summed E-state index contributed by atoms with van der Waals surface area (Å²) in [6.07, 6.45) is 1.46. The summed E-state index contributed by atoms with van der Waals surface area (Å²) in [5.74, 6) is 0.876. The number of hydrogen-bond donors (Lipinski definition) is 1. The Kier molecular flexibility index (Phi) is 4.80. The van der Waals surface area contributed by atoms with E-state index in [0.717, 1.165) is 11.1 Å². The third-order valence-electron chi connectivity index (χ3n) is 4.62. The van der Waals surface area contributed by atoms with Gasteiger partial charge in [-0.2, -0.15) is 10.1 Å². The van der Waals surface area contributed by atoms with Gasteiger partial charge in [0.2, 0.25) is 5.95 Å². The van der Waals surface area contributed by atoms with Crippen molar-refractivity contribution in [2.45, 2.75) is 19.6 Å². The summed E-state index contributed by atoms with van der Waals surface area (Å²) in [5, 5.41) is 7.40. The molecule has 0 aliphatic carbocycles. The van der Waals surface area contributed by atoms with Crippen LogP contribution < -0.4 is 10.1 Å². The Labute approximate surface area is 162 Å². The van der Waals surface area contributed by atoms with Gasteiger partial charge in [0.25, 0.3) is 0 Å². The maximum Gasteiger partial charge on any atom is 0.338 e. The Bertz CT molecular complexity index is 1030. The number of rotatable bonds is 5. The van der Waals surface area contributed by atoms with E-state index in [-0.39, 0.29) is 0 Å². The summed E-state index contributed by atoms with van der Waals surface area (Å²) in [6.45, 7) is 2.29. The van der Waals surface area contributed by atoms with Crippen LogP contribution in [0.25, 0.3) is 0 Å². The van der Waals surface area contributed by atoms with Crippen molar-refractivity contribution in [1.82, 2.24) is 14.8 Å². The second kappa shape index (κ2) is 7.56. The zero-order chi connectivity index (χ0) is 19.5. The minimum Gasteiger partial charge on any atom is -0.489 e. The number of anilines is 1. The topological polar surface area (TPSA) is 78.3 Å². The fourth-order valence-corrected chi connectivity index (χ4v) is 3.29. The highest BCUT2D eigenvalue weighted by Gasteiger charge is 2.34. The minimum atomic E-state index is -0.452. The Hall–Kier alpha value is -3.61. The number of nitrogens with one attached hydrogen (secondary N) is 1. The van der Waals surface area contributed by atoms with Crippen LogP contribution in [-0.2, 0) is 16.1 Å². The number of aromatic nitrogens is 3. The highest BCUT2D eigenvalue weighted by molar-refractivity contribution is 5.92. The van der Waals surface area contributed by atoms with Gasteiger partial charge in [-0.05, 0) is 30.2 Å². The fraction of sp³-hybridized carbons (Fsp3) is 0.190. The minimum absolute atomic E-state index is 0.410. The van der Waals surface area contributed by atoms with Gasteiger partial charge in [-0.25, -0.2) is 9.48 Å². The van der Waals surface area contributed by atoms with Crippen LogP contribution in [0.2, 0.25) is 0 Å². The smallest absolute Gasteiger partial charge is 0.338 e. The third-order valence-corrected chi connectivity index (χ3v) is 4.62. The first-order valence-electron chi connectivity index (χ1n) is 8.89. The number of nitrogens with zero attached hydrogens (tertiary/aromatic N) is 3. The van der Waals surface area contributed by atoms with Crippen molar-refractivity contribution in [3.8, 4) is 5.75 Å². The van der Waals surface area contributed by atoms with E-state index < -0.39 is 12.0 Å². The summed E-state index contributed by atoms with van der Waals surface area (Å²) in [5.41, 5.74) is 3.12. The molecule has 0 amide bonds. The highest BCUT2D eigenvalue weighted by Crippen LogP contribution is 2.36. The lowest BCUT2D eigenvalue weighted by Crippen LogP contribution is -2.29. The van der Waals surface area contributed by atoms with Crippen LogP contribution in [0.3, 0.4) is 0 Å². The van der Waals surface area contributed by atoms with E-state index in [1.807, 2.05) is 61.5 Å². The van der Waals surface area contributed by atoms with Crippen LogP contribution in [0.15, 0.2) is 72.2 Å². The first-order chi connectivity index (χ1) is 13.7. The molecular weight excluding hydrogens is 356 g/mol. The number of carbonyl (C=O) groups excluding carboxylic acids is 1. The van der Waals surface area contributed by atoms with E-state index in [4.69, 9.17) is 9.47 Å². The van der Waals surface area contributed by atoms with E-state index in [1.165, 1.54) is 13.4 Å². The van der Waals surface area contributed by atoms with Gasteiger partial charge in [0.15, 0.2) is 0 Å². The third kappa shape index (κ3) is 3.34. The number of benzene rings is 2. The zero-order valence-corrected chi connectivity index (χ0v) is 15.6. The van der Waals surface area contributed by atoms with Gasteiger partial charge in [-0.1, -0.05) is 42.5 Å². The van der Waals surface area contributed by atoms with E-state index in [0.29, 0.717) is 29.6 Å². The van der Waals surface area contributed by atoms with Gasteiger partial charge in [0, 0.05) is 5.70 Å². The first kappa shape index (κ1) is 17.8. The van der Waals surface area contributed by atoms with E-state index in [1.54, 1.807) is 4.68 Å². The average molecular weight is 376 g/mol. The van der Waals surface area contributed by atoms with Crippen molar-refractivity contribution >= 4 is 11.9 Å². The largest absolute Gasteiger partial charge is 0.489 e. The highest BCUT2D eigenvalue weighted by atomic mass is 16.5. The summed E-state index contributed by atoms with van der Waals surface area (Å²) < 4.78 is 12.6. The number of ether oxygens (including phenoxy) is 2. The molecule has 1 atom stereocenters. The standard InChI is InChI=1S/C21H20N4O3/c1-14-18(20(26)27-2)19(25-21(24-14)22-13-23-25)16-9-6-10-17(11-16)28-12-15-7-4-3-5-8-15/h3-11,13,19H,12H2,1-2H3,(H,22,23,24)/t19-/m1/s1. The normalized spacial score (nSPS) is 15.6. The van der Waals surface area contributed by atoms with E-state index in [9.17, 15) is 4.79 Å². The lowest BCUT2D eigenvalue weighted by Gasteiger charge is -2.28. The van der Waals surface area contributed by atoms with Crippen LogP contribution in [0, 0.1) is 0 Å². The van der Waals surface area contributed by atoms with Crippen LogP contribution in [0.1, 0.15) is 24.1 Å². The van der Waals surface area contributed by atoms with Crippen LogP contribution in [-0.4, -0.2) is 27.8 Å². The summed E-state index contributed by atoms with van der Waals surface area (Å²) >= 11 is 0. The lowest BCUT2D eigenvalue weighted by atomic mass is 9.95. The number of hydrogen-bond acceptors (Lipinski definition) is 6. The average Bonchev–Trinajstić information content (AvgIpc) is 3.19. The fourth-order valence-electron chi connectivity index (χ4n) is 3.29. The molecule has 0 fully saturated rings. The number of methoxy groups -OCH3 is 1. The Morgan fingerprint density at radius 1 is 1.18 bits per heavy atom. The molecule has 3 aromatic rings. The molecule has 1 aliphatic rings. The molecule has 0 saturated carbocycles. The van der Waals surface area contributed by atoms with Crippen molar-refractivity contribution in [2.75, 3.05) is 12.4 Å². The van der Waals surface area contributed by atoms with Crippen molar-refractivity contribution in [2.24, 2.45) is 0 Å². The molecule has 4 rings (SSSR count). The van der Waals surface area contributed by atoms with Crippen molar-refractivity contribution in [3.63, 3.8) is 0 Å². The predicted molar refractivity (Wildman–Crippen MR) is 104 cm³/mol. The predicted octanol–water partition coefficient (Wildman–Crippen LogP) is 3.32. The van der Waals surface area contributed by atoms with Gasteiger partial charge in [0.1, 0.15) is 24.7 Å². The quantitative estimate of drug-likeness (QED) is 0.688. The lowest BCUT2D eigenvalue weighted by molar-refractivity contribution is -0.136. The molecule has 1 N–H and O–H groups in total. The molecule has 1 aliphatic heterocycles. The maximum atomic E-state index is 12.5. The Morgan fingerprint density at radius 3 is 2.79 bits per heavy atom. The summed E-state index contributed by atoms with van der Waals surface area (Å²) in [6, 6.07) is 17.2. The number of esters is 1. The van der Waals surface area contributed by atoms with Crippen molar-refractivity contribution < 1.29 is 14.3 Å². The number of fused-ring (bicyclic) bond motifs is 1. The monoisotopic (exact) mass is 376 g/mol. The van der Waals surface area contributed by atoms with Gasteiger partial charge in [-0.15, -0.1) is 0 Å². The van der Waals surface area contributed by atoms with Gasteiger partial charge in [0.05, 0.1) is 12.7 Å². The number of allylic oxidation sites excluding steroid dienone is 1. The van der Waals surface area contributed by atoms with E-state index >= 15 is 0 Å². The molecule has 0 bridgehead atoms. The maximum absolute atomic E-state index is 12.5. The second-order valence-electron chi connectivity index (χ2n) is 6.43. The summed E-state index contributed by atoms with van der Waals surface area (Å²) in [4.78, 5) is 16.7. The molecule has 142 valence electrons. The van der Waals surface area contributed by atoms with Crippen molar-refractivity contribution in [1.29, 1.82) is 0 Å². The molecule has 7 nitrogen and oxygen atoms in total. The van der Waals surface area contributed by atoms with Gasteiger partial charge in [-0.3, -0.25) is 0 Å². The van der Waals surface area contributed by atoms with Crippen LogP contribution in [0.4, 0.5) is 5.95 Å². The molecule has 1 aromatic heterocycles. The second-order valence-corrected chi connectivity index (χ2v) is 6.43. The first-order valence-corrected chi connectivity index (χ1v) is 8.89. The van der Waals surface area contributed by atoms with Crippen LogP contribution >= 0.6 is 0 Å². The molecule has 0 spiro atoms. The molecule has 0 radical (unpaired) electrons. The van der Waals surface area contributed by atoms with Crippen LogP contribution in [0.5, 0.6) is 5.75 Å². The molecular formula is C21H20N4O3. The zero-order valence-electron chi connectivity index (χ0n) is 15.6. The van der Waals surface area contributed by atoms with Gasteiger partial charge >= 0.3 is 5.97 Å². The Balaban J connectivity index is 1.68.